The van der Waals surface area contributed by atoms with Crippen LogP contribution in [0.2, 0.25) is 0 Å². The molecule has 0 aliphatic carbocycles. The van der Waals surface area contributed by atoms with Crippen LogP contribution in [0, 0.1) is 0 Å². The van der Waals surface area contributed by atoms with E-state index in [9.17, 15) is 9.90 Å². The number of methoxy groups -OCH3 is 1. The summed E-state index contributed by atoms with van der Waals surface area (Å²) in [5.41, 5.74) is 1.91. The predicted molar refractivity (Wildman–Crippen MR) is 78.9 cm³/mol. The number of ether oxygens (including phenoxy) is 2. The van der Waals surface area contributed by atoms with Crippen LogP contribution < -0.4 is 9.47 Å². The molecule has 0 amide bonds. The molecule has 0 radical (unpaired) electrons. The van der Waals surface area contributed by atoms with E-state index >= 15 is 0 Å². The molecule has 1 aliphatic heterocycles. The normalized spacial score (nSPS) is 15.5. The van der Waals surface area contributed by atoms with Crippen LogP contribution in [0.3, 0.4) is 0 Å². The maximum absolute atomic E-state index is 12.4. The third-order valence-corrected chi connectivity index (χ3v) is 3.35. The van der Waals surface area contributed by atoms with Crippen molar-refractivity contribution in [3.05, 3.63) is 59.2 Å². The lowest BCUT2D eigenvalue weighted by atomic mass is 9.98. The van der Waals surface area contributed by atoms with E-state index in [1.165, 1.54) is 13.2 Å². The first-order chi connectivity index (χ1) is 10.2. The molecule has 4 heteroatoms. The molecular weight excluding hydrogens is 268 g/mol. The number of Topliss-reactive ketones (excluding diaryl/α,β-unsaturated/α-hetero) is 1. The van der Waals surface area contributed by atoms with Crippen molar-refractivity contribution in [2.75, 3.05) is 13.7 Å². The van der Waals surface area contributed by atoms with Crippen LogP contribution in [-0.2, 0) is 0 Å². The van der Waals surface area contributed by atoms with E-state index in [4.69, 9.17) is 9.47 Å². The Labute approximate surface area is 122 Å². The minimum absolute atomic E-state index is 0.0381. The van der Waals surface area contributed by atoms with E-state index in [2.05, 4.69) is 0 Å². The zero-order valence-electron chi connectivity index (χ0n) is 11.5. The van der Waals surface area contributed by atoms with Gasteiger partial charge in [-0.05, 0) is 35.9 Å². The molecule has 0 bridgehead atoms. The maximum Gasteiger partial charge on any atom is 0.196 e. The second kappa shape index (κ2) is 5.32. The average Bonchev–Trinajstić information content (AvgIpc) is 2.52. The van der Waals surface area contributed by atoms with E-state index in [0.717, 1.165) is 5.56 Å². The number of para-hydroxylation sites is 1. The number of ketones is 1. The summed E-state index contributed by atoms with van der Waals surface area (Å²) in [6.45, 7) is 0.235. The number of phenols is 1. The molecule has 4 nitrogen and oxygen atoms in total. The van der Waals surface area contributed by atoms with E-state index < -0.39 is 0 Å². The van der Waals surface area contributed by atoms with Crippen molar-refractivity contribution < 1.29 is 19.4 Å². The lowest BCUT2D eigenvalue weighted by Gasteiger charge is -2.18. The molecule has 1 N–H and O–H groups in total. The fourth-order valence-corrected chi connectivity index (χ4v) is 2.27. The van der Waals surface area contributed by atoms with E-state index in [0.29, 0.717) is 22.6 Å². The van der Waals surface area contributed by atoms with Crippen molar-refractivity contribution >= 4 is 11.9 Å². The summed E-state index contributed by atoms with van der Waals surface area (Å²) in [5, 5.41) is 9.59. The van der Waals surface area contributed by atoms with Gasteiger partial charge < -0.3 is 14.6 Å². The fourth-order valence-electron chi connectivity index (χ4n) is 2.27. The molecule has 106 valence electrons. The minimum atomic E-state index is -0.0381. The summed E-state index contributed by atoms with van der Waals surface area (Å²) in [6, 6.07) is 12.1. The zero-order valence-corrected chi connectivity index (χ0v) is 11.5. The summed E-state index contributed by atoms with van der Waals surface area (Å²) in [7, 11) is 1.48. The Morgan fingerprint density at radius 1 is 1.24 bits per heavy atom. The molecule has 3 rings (SSSR count). The SMILES string of the molecule is COc1cc(/C=C2/COc3ccccc3C2=O)ccc1O. The molecule has 0 fully saturated rings. The van der Waals surface area contributed by atoms with Gasteiger partial charge in [0.2, 0.25) is 0 Å². The van der Waals surface area contributed by atoms with Gasteiger partial charge in [0.05, 0.1) is 12.7 Å². The first kappa shape index (κ1) is 13.2. The van der Waals surface area contributed by atoms with Crippen LogP contribution in [0.15, 0.2) is 48.0 Å². The molecule has 0 saturated carbocycles. The van der Waals surface area contributed by atoms with Gasteiger partial charge in [-0.1, -0.05) is 18.2 Å². The molecule has 0 spiro atoms. The molecule has 0 saturated heterocycles. The number of hydrogen-bond donors (Lipinski definition) is 1. The third kappa shape index (κ3) is 2.48. The number of carbonyl (C=O) groups is 1. The lowest BCUT2D eigenvalue weighted by molar-refractivity contribution is 0.100. The Bertz CT molecular complexity index is 731. The largest absolute Gasteiger partial charge is 0.504 e. The first-order valence-corrected chi connectivity index (χ1v) is 6.53. The van der Waals surface area contributed by atoms with E-state index in [1.54, 1.807) is 30.3 Å². The van der Waals surface area contributed by atoms with Crippen LogP contribution >= 0.6 is 0 Å². The minimum Gasteiger partial charge on any atom is -0.504 e. The number of aromatic hydroxyl groups is 1. The fraction of sp³-hybridized carbons (Fsp3) is 0.118. The number of phenolic OH excluding ortho intramolecular Hbond substituents is 1. The van der Waals surface area contributed by atoms with Crippen molar-refractivity contribution in [3.8, 4) is 17.2 Å². The van der Waals surface area contributed by atoms with Crippen molar-refractivity contribution in [1.29, 1.82) is 0 Å². The lowest BCUT2D eigenvalue weighted by Crippen LogP contribution is -2.18. The smallest absolute Gasteiger partial charge is 0.196 e. The summed E-state index contributed by atoms with van der Waals surface area (Å²) in [6.07, 6.45) is 1.75. The Morgan fingerprint density at radius 2 is 2.05 bits per heavy atom. The van der Waals surface area contributed by atoms with Crippen molar-refractivity contribution in [2.45, 2.75) is 0 Å². The molecule has 0 unspecified atom stereocenters. The first-order valence-electron chi connectivity index (χ1n) is 6.53. The third-order valence-electron chi connectivity index (χ3n) is 3.35. The molecule has 1 heterocycles. The van der Waals surface area contributed by atoms with Crippen molar-refractivity contribution in [3.63, 3.8) is 0 Å². The molecule has 0 aromatic heterocycles. The standard InChI is InChI=1S/C17H14O4/c1-20-16-9-11(6-7-14(16)18)8-12-10-21-15-5-3-2-4-13(15)17(12)19/h2-9,18H,10H2,1H3/b12-8-. The Morgan fingerprint density at radius 3 is 2.86 bits per heavy atom. The maximum atomic E-state index is 12.4. The Balaban J connectivity index is 1.96. The summed E-state index contributed by atoms with van der Waals surface area (Å²) < 4.78 is 10.7. The van der Waals surface area contributed by atoms with Gasteiger partial charge in [-0.3, -0.25) is 4.79 Å². The quantitative estimate of drug-likeness (QED) is 0.860. The van der Waals surface area contributed by atoms with Crippen LogP contribution in [0.1, 0.15) is 15.9 Å². The second-order valence-corrected chi connectivity index (χ2v) is 4.71. The monoisotopic (exact) mass is 282 g/mol. The number of rotatable bonds is 2. The molecule has 21 heavy (non-hydrogen) atoms. The van der Waals surface area contributed by atoms with E-state index in [-0.39, 0.29) is 18.1 Å². The Hall–Kier alpha value is -2.75. The molecule has 1 aliphatic rings. The molecule has 0 atom stereocenters. The summed E-state index contributed by atoms with van der Waals surface area (Å²) in [4.78, 5) is 12.4. The topological polar surface area (TPSA) is 55.8 Å². The van der Waals surface area contributed by atoms with Gasteiger partial charge in [-0.25, -0.2) is 0 Å². The van der Waals surface area contributed by atoms with Crippen LogP contribution in [0.25, 0.3) is 6.08 Å². The highest BCUT2D eigenvalue weighted by Gasteiger charge is 2.22. The summed E-state index contributed by atoms with van der Waals surface area (Å²) in [5.74, 6) is 1.01. The number of benzene rings is 2. The average molecular weight is 282 g/mol. The van der Waals surface area contributed by atoms with E-state index in [1.807, 2.05) is 12.1 Å². The second-order valence-electron chi connectivity index (χ2n) is 4.71. The molecule has 2 aromatic rings. The van der Waals surface area contributed by atoms with Gasteiger partial charge >= 0.3 is 0 Å². The van der Waals surface area contributed by atoms with Gasteiger partial charge in [0, 0.05) is 5.57 Å². The van der Waals surface area contributed by atoms with Crippen molar-refractivity contribution in [1.82, 2.24) is 0 Å². The van der Waals surface area contributed by atoms with Gasteiger partial charge in [-0.15, -0.1) is 0 Å². The Kier molecular flexibility index (Phi) is 3.36. The number of hydrogen-bond acceptors (Lipinski definition) is 4. The van der Waals surface area contributed by atoms with Crippen LogP contribution in [0.5, 0.6) is 17.2 Å². The van der Waals surface area contributed by atoms with Gasteiger partial charge in [-0.2, -0.15) is 0 Å². The van der Waals surface area contributed by atoms with Crippen molar-refractivity contribution in [2.24, 2.45) is 0 Å². The van der Waals surface area contributed by atoms with Gasteiger partial charge in [0.15, 0.2) is 17.3 Å². The number of carbonyl (C=O) groups excluding carboxylic acids is 1. The van der Waals surface area contributed by atoms with Crippen LogP contribution in [0.4, 0.5) is 0 Å². The summed E-state index contributed by atoms with van der Waals surface area (Å²) >= 11 is 0. The highest BCUT2D eigenvalue weighted by atomic mass is 16.5. The predicted octanol–water partition coefficient (Wildman–Crippen LogP) is 3.06. The number of fused-ring (bicyclic) bond motifs is 1. The van der Waals surface area contributed by atoms with Gasteiger partial charge in [0.25, 0.3) is 0 Å². The van der Waals surface area contributed by atoms with Crippen LogP contribution in [-0.4, -0.2) is 24.6 Å². The zero-order chi connectivity index (χ0) is 14.8. The highest BCUT2D eigenvalue weighted by molar-refractivity contribution is 6.14. The highest BCUT2D eigenvalue weighted by Crippen LogP contribution is 2.30. The molecular formula is C17H14O4. The molecule has 2 aromatic carbocycles. The van der Waals surface area contributed by atoms with Gasteiger partial charge in [0.1, 0.15) is 12.4 Å².